The third-order valence-corrected chi connectivity index (χ3v) is 7.67. The van der Waals surface area contributed by atoms with E-state index in [0.29, 0.717) is 12.6 Å². The number of nitrogens with one attached hydrogen (secondary N) is 1. The fraction of sp³-hybridized carbons (Fsp3) is 0.346. The molecule has 1 aliphatic rings. The van der Waals surface area contributed by atoms with Crippen LogP contribution in [-0.2, 0) is 12.3 Å². The van der Waals surface area contributed by atoms with Crippen LogP contribution in [0.1, 0.15) is 49.5 Å². The summed E-state index contributed by atoms with van der Waals surface area (Å²) < 4.78 is 7.72. The zero-order valence-electron chi connectivity index (χ0n) is 19.2. The maximum atomic E-state index is 6.39. The van der Waals surface area contributed by atoms with E-state index < -0.39 is 0 Å². The number of benzene rings is 2. The molecule has 0 aliphatic heterocycles. The van der Waals surface area contributed by atoms with Crippen molar-refractivity contribution >= 4 is 40.0 Å². The molecule has 6 nitrogen and oxygen atoms in total. The molecule has 1 aliphatic carbocycles. The van der Waals surface area contributed by atoms with E-state index in [9.17, 15) is 0 Å². The minimum Gasteiger partial charge on any atom is -0.497 e. The molecular formula is C26H28ClN5OS. The highest BCUT2D eigenvalue weighted by Gasteiger charge is 2.23. The Kier molecular flexibility index (Phi) is 7.21. The Morgan fingerprint density at radius 1 is 1.09 bits per heavy atom. The highest BCUT2D eigenvalue weighted by molar-refractivity contribution is 7.98. The van der Waals surface area contributed by atoms with Gasteiger partial charge in [-0.15, -0.1) is 10.2 Å². The van der Waals surface area contributed by atoms with Crippen LogP contribution in [0.4, 0.5) is 5.69 Å². The van der Waals surface area contributed by atoms with Gasteiger partial charge in [0, 0.05) is 40.2 Å². The maximum absolute atomic E-state index is 6.39. The first-order valence-electron chi connectivity index (χ1n) is 11.7. The van der Waals surface area contributed by atoms with Crippen LogP contribution in [0, 0.1) is 0 Å². The van der Waals surface area contributed by atoms with Gasteiger partial charge >= 0.3 is 0 Å². The van der Waals surface area contributed by atoms with Gasteiger partial charge in [0.25, 0.3) is 0 Å². The minimum absolute atomic E-state index is 0.438. The molecule has 0 atom stereocenters. The normalized spacial score (nSPS) is 14.4. The van der Waals surface area contributed by atoms with E-state index in [0.717, 1.165) is 49.7 Å². The average molecular weight is 494 g/mol. The molecule has 0 bridgehead atoms. The number of hydrogen-bond acceptors (Lipinski definition) is 6. The molecule has 1 fully saturated rings. The van der Waals surface area contributed by atoms with Crippen molar-refractivity contribution in [1.82, 2.24) is 19.7 Å². The Morgan fingerprint density at radius 2 is 1.97 bits per heavy atom. The van der Waals surface area contributed by atoms with Crippen LogP contribution in [0.15, 0.2) is 59.9 Å². The van der Waals surface area contributed by atoms with Crippen molar-refractivity contribution in [3.63, 3.8) is 0 Å². The van der Waals surface area contributed by atoms with Crippen molar-refractivity contribution in [3.8, 4) is 5.75 Å². The van der Waals surface area contributed by atoms with Crippen LogP contribution in [0.2, 0.25) is 5.02 Å². The van der Waals surface area contributed by atoms with Gasteiger partial charge in [-0.1, -0.05) is 54.8 Å². The summed E-state index contributed by atoms with van der Waals surface area (Å²) in [5, 5.41) is 15.4. The molecule has 1 saturated carbocycles. The van der Waals surface area contributed by atoms with E-state index in [4.69, 9.17) is 16.3 Å². The summed E-state index contributed by atoms with van der Waals surface area (Å²) in [6.07, 6.45) is 7.97. The summed E-state index contributed by atoms with van der Waals surface area (Å²) in [7, 11) is 1.68. The summed E-state index contributed by atoms with van der Waals surface area (Å²) in [6.45, 7) is 0.614. The Morgan fingerprint density at radius 3 is 2.82 bits per heavy atom. The second-order valence-corrected chi connectivity index (χ2v) is 9.89. The first kappa shape index (κ1) is 23.0. The van der Waals surface area contributed by atoms with Crippen molar-refractivity contribution in [1.29, 1.82) is 0 Å². The van der Waals surface area contributed by atoms with Crippen molar-refractivity contribution in [3.05, 3.63) is 71.1 Å². The third-order valence-electron chi connectivity index (χ3n) is 6.35. The fourth-order valence-electron chi connectivity index (χ4n) is 4.60. The van der Waals surface area contributed by atoms with Crippen molar-refractivity contribution in [2.75, 3.05) is 12.4 Å². The lowest BCUT2D eigenvalue weighted by Gasteiger charge is -2.25. The Labute approximate surface area is 209 Å². The highest BCUT2D eigenvalue weighted by atomic mass is 35.5. The second-order valence-electron chi connectivity index (χ2n) is 8.54. The summed E-state index contributed by atoms with van der Waals surface area (Å²) in [5.74, 6) is 2.56. The molecule has 0 radical (unpaired) electrons. The lowest BCUT2D eigenvalue weighted by molar-refractivity contribution is 0.330. The summed E-state index contributed by atoms with van der Waals surface area (Å²) in [5.41, 5.74) is 3.11. The standard InChI is InChI=1S/C26H28ClN5OS/c1-33-21-10-5-7-19(15-21)29-16-24-30-31-26(32(24)20-8-3-2-4-9-20)34-17-18-12-13-23(27)22-11-6-14-28-25(18)22/h5-7,10-15,20,29H,2-4,8-9,16-17H2,1H3. The number of fused-ring (bicyclic) bond motifs is 1. The van der Waals surface area contributed by atoms with Crippen molar-refractivity contribution in [2.45, 2.75) is 55.6 Å². The predicted octanol–water partition coefficient (Wildman–Crippen LogP) is 6.90. The molecule has 5 rings (SSSR count). The molecule has 2 heterocycles. The zero-order chi connectivity index (χ0) is 23.3. The number of rotatable bonds is 8. The number of aromatic nitrogens is 4. The van der Waals surface area contributed by atoms with Gasteiger partial charge in [-0.25, -0.2) is 0 Å². The smallest absolute Gasteiger partial charge is 0.191 e. The van der Waals surface area contributed by atoms with Gasteiger partial charge < -0.3 is 14.6 Å². The van der Waals surface area contributed by atoms with Gasteiger partial charge in [-0.2, -0.15) is 0 Å². The summed E-state index contributed by atoms with van der Waals surface area (Å²) >= 11 is 8.11. The zero-order valence-corrected chi connectivity index (χ0v) is 20.8. The molecule has 4 aromatic rings. The predicted molar refractivity (Wildman–Crippen MR) is 139 cm³/mol. The van der Waals surface area contributed by atoms with Crippen LogP contribution < -0.4 is 10.1 Å². The number of thioether (sulfide) groups is 1. The maximum Gasteiger partial charge on any atom is 0.191 e. The quantitative estimate of drug-likeness (QED) is 0.269. The van der Waals surface area contributed by atoms with E-state index >= 15 is 0 Å². The number of hydrogen-bond donors (Lipinski definition) is 1. The molecular weight excluding hydrogens is 466 g/mol. The number of pyridine rings is 1. The van der Waals surface area contributed by atoms with Crippen LogP contribution >= 0.6 is 23.4 Å². The highest BCUT2D eigenvalue weighted by Crippen LogP contribution is 2.35. The first-order valence-corrected chi connectivity index (χ1v) is 13.1. The molecule has 0 unspecified atom stereocenters. The minimum atomic E-state index is 0.438. The fourth-order valence-corrected chi connectivity index (χ4v) is 5.83. The number of methoxy groups -OCH3 is 1. The Hall–Kier alpha value is -2.77. The van der Waals surface area contributed by atoms with E-state index in [-0.39, 0.29) is 0 Å². The van der Waals surface area contributed by atoms with Crippen LogP contribution in [0.5, 0.6) is 5.75 Å². The van der Waals surface area contributed by atoms with Crippen LogP contribution in [0.25, 0.3) is 10.9 Å². The molecule has 0 spiro atoms. The number of anilines is 1. The SMILES string of the molecule is COc1cccc(NCc2nnc(SCc3ccc(Cl)c4cccnc34)n2C2CCCCC2)c1. The van der Waals surface area contributed by atoms with Crippen molar-refractivity contribution < 1.29 is 4.74 Å². The Bertz CT molecular complexity index is 1270. The average Bonchev–Trinajstić information content (AvgIpc) is 3.30. The molecule has 8 heteroatoms. The molecule has 2 aromatic heterocycles. The van der Waals surface area contributed by atoms with Crippen molar-refractivity contribution in [2.24, 2.45) is 0 Å². The molecule has 0 amide bonds. The van der Waals surface area contributed by atoms with Gasteiger partial charge in [-0.05, 0) is 48.7 Å². The van der Waals surface area contributed by atoms with Gasteiger partial charge in [-0.3, -0.25) is 4.98 Å². The molecule has 1 N–H and O–H groups in total. The number of halogens is 1. The summed E-state index contributed by atoms with van der Waals surface area (Å²) in [4.78, 5) is 4.59. The van der Waals surface area contributed by atoms with E-state index in [1.54, 1.807) is 18.9 Å². The van der Waals surface area contributed by atoms with Gasteiger partial charge in [0.1, 0.15) is 5.75 Å². The van der Waals surface area contributed by atoms with Gasteiger partial charge in [0.2, 0.25) is 0 Å². The largest absolute Gasteiger partial charge is 0.497 e. The van der Waals surface area contributed by atoms with E-state index in [1.807, 2.05) is 48.7 Å². The van der Waals surface area contributed by atoms with E-state index in [2.05, 4.69) is 31.1 Å². The topological polar surface area (TPSA) is 64.9 Å². The molecule has 0 saturated heterocycles. The number of nitrogens with zero attached hydrogens (tertiary/aromatic N) is 4. The Balaban J connectivity index is 1.38. The lowest BCUT2D eigenvalue weighted by atomic mass is 9.95. The number of ether oxygens (including phenoxy) is 1. The third kappa shape index (κ3) is 5.00. The monoisotopic (exact) mass is 493 g/mol. The molecule has 34 heavy (non-hydrogen) atoms. The summed E-state index contributed by atoms with van der Waals surface area (Å²) in [6, 6.07) is 16.4. The second kappa shape index (κ2) is 10.7. The lowest BCUT2D eigenvalue weighted by Crippen LogP contribution is -2.18. The first-order chi connectivity index (χ1) is 16.7. The van der Waals surface area contributed by atoms with Gasteiger partial charge in [0.15, 0.2) is 11.0 Å². The van der Waals surface area contributed by atoms with Crippen LogP contribution in [0.3, 0.4) is 0 Å². The molecule has 2 aromatic carbocycles. The molecule has 176 valence electrons. The van der Waals surface area contributed by atoms with Gasteiger partial charge in [0.05, 0.1) is 19.2 Å². The van der Waals surface area contributed by atoms with E-state index in [1.165, 1.54) is 32.1 Å². The van der Waals surface area contributed by atoms with Crippen LogP contribution in [-0.4, -0.2) is 26.9 Å².